The van der Waals surface area contributed by atoms with Crippen LogP contribution >= 0.6 is 0 Å². The van der Waals surface area contributed by atoms with Crippen molar-refractivity contribution in [3.05, 3.63) is 161 Å². The van der Waals surface area contributed by atoms with Crippen molar-refractivity contribution in [3.63, 3.8) is 0 Å². The third-order valence-electron chi connectivity index (χ3n) is 9.63. The van der Waals surface area contributed by atoms with Gasteiger partial charge < -0.3 is 15.1 Å². The SMILES string of the molecule is CC1(Cc2ccccc2)C2=CCCC=C2[N+](CC(=O)O)=C1/C=C/C=C/C=C1/N(CC(=O)O)c2ccccc2C1(C)Cc1ccccc1. The van der Waals surface area contributed by atoms with Crippen LogP contribution in [0.25, 0.3) is 0 Å². The van der Waals surface area contributed by atoms with Gasteiger partial charge in [-0.25, -0.2) is 4.79 Å². The van der Waals surface area contributed by atoms with E-state index in [1.807, 2.05) is 94.5 Å². The molecule has 0 radical (unpaired) electrons. The lowest BCUT2D eigenvalue weighted by Crippen LogP contribution is -2.33. The topological polar surface area (TPSA) is 80.9 Å². The zero-order valence-corrected chi connectivity index (χ0v) is 27.0. The lowest BCUT2D eigenvalue weighted by Gasteiger charge is -2.30. The molecule has 2 heterocycles. The summed E-state index contributed by atoms with van der Waals surface area (Å²) < 4.78 is 1.96. The Hall–Kier alpha value is -5.23. The van der Waals surface area contributed by atoms with Gasteiger partial charge in [0, 0.05) is 28.4 Å². The van der Waals surface area contributed by atoms with Crippen molar-refractivity contribution < 1.29 is 24.4 Å². The van der Waals surface area contributed by atoms with E-state index in [9.17, 15) is 19.8 Å². The fourth-order valence-electron chi connectivity index (χ4n) is 7.63. The second kappa shape index (κ2) is 13.2. The average Bonchev–Trinajstić information content (AvgIpc) is 3.42. The number of fused-ring (bicyclic) bond motifs is 2. The fraction of sp³-hybridized carbons (Fsp3) is 0.244. The van der Waals surface area contributed by atoms with Crippen LogP contribution in [0.5, 0.6) is 0 Å². The number of rotatable bonds is 11. The Bertz CT molecular complexity index is 1870. The second-order valence-corrected chi connectivity index (χ2v) is 12.9. The summed E-state index contributed by atoms with van der Waals surface area (Å²) in [6.07, 6.45) is 17.7. The van der Waals surface area contributed by atoms with Gasteiger partial charge in [0.05, 0.1) is 5.41 Å². The number of anilines is 1. The van der Waals surface area contributed by atoms with Crippen molar-refractivity contribution in [2.45, 2.75) is 44.9 Å². The maximum atomic E-state index is 12.1. The Morgan fingerprint density at radius 3 is 2.04 bits per heavy atom. The van der Waals surface area contributed by atoms with E-state index in [4.69, 9.17) is 0 Å². The van der Waals surface area contributed by atoms with Crippen LogP contribution in [-0.2, 0) is 27.8 Å². The number of allylic oxidation sites excluding steroid dienone is 9. The van der Waals surface area contributed by atoms with Crippen LogP contribution in [-0.4, -0.2) is 45.5 Å². The first kappa shape index (κ1) is 31.7. The molecular formula is C41H41N2O4+. The molecule has 6 heteroatoms. The number of benzene rings is 3. The molecule has 0 saturated heterocycles. The van der Waals surface area contributed by atoms with E-state index in [1.165, 1.54) is 16.7 Å². The van der Waals surface area contributed by atoms with Crippen molar-refractivity contribution in [1.29, 1.82) is 0 Å². The Morgan fingerprint density at radius 1 is 0.766 bits per heavy atom. The molecule has 1 aliphatic carbocycles. The summed E-state index contributed by atoms with van der Waals surface area (Å²) in [7, 11) is 0. The fourth-order valence-corrected chi connectivity index (χ4v) is 7.63. The van der Waals surface area contributed by atoms with E-state index < -0.39 is 22.8 Å². The number of hydrogen-bond acceptors (Lipinski definition) is 3. The highest BCUT2D eigenvalue weighted by molar-refractivity contribution is 6.01. The molecule has 238 valence electrons. The number of carboxylic acid groups (broad SMARTS) is 2. The highest BCUT2D eigenvalue weighted by Crippen LogP contribution is 2.50. The molecule has 0 bridgehead atoms. The predicted octanol–water partition coefficient (Wildman–Crippen LogP) is 7.49. The molecular weight excluding hydrogens is 584 g/mol. The molecule has 2 aliphatic heterocycles. The smallest absolute Gasteiger partial charge is 0.370 e. The minimum Gasteiger partial charge on any atom is -0.480 e. The molecule has 2 N–H and O–H groups in total. The molecule has 2 atom stereocenters. The summed E-state index contributed by atoms with van der Waals surface area (Å²) in [4.78, 5) is 26.0. The van der Waals surface area contributed by atoms with E-state index in [-0.39, 0.29) is 13.1 Å². The number of nitrogens with zero attached hydrogens (tertiary/aromatic N) is 2. The molecule has 47 heavy (non-hydrogen) atoms. The largest absolute Gasteiger partial charge is 0.480 e. The standard InChI is InChI=1S/C41H40N2O4/c1-40(26-30-16-6-3-7-17-30)32-20-12-14-22-34(32)42(28-38(44)45)36(40)24-10-5-11-25-37-41(2,27-31-18-8-4-9-19-31)33-21-13-15-23-35(33)43(37)29-39(46)47/h3-12,14,16-25H,13,15,26-29H2,1-2H3,(H-,44,45,46,47)/p+1. The summed E-state index contributed by atoms with van der Waals surface area (Å²) in [5.41, 5.74) is 7.60. The minimum atomic E-state index is -0.891. The highest BCUT2D eigenvalue weighted by Gasteiger charge is 2.51. The summed E-state index contributed by atoms with van der Waals surface area (Å²) in [5.74, 6) is -1.76. The molecule has 6 nitrogen and oxygen atoms in total. The van der Waals surface area contributed by atoms with E-state index in [1.54, 1.807) is 0 Å². The molecule has 0 aromatic heterocycles. The van der Waals surface area contributed by atoms with E-state index >= 15 is 0 Å². The van der Waals surface area contributed by atoms with E-state index in [2.05, 4.69) is 56.3 Å². The van der Waals surface area contributed by atoms with E-state index in [0.717, 1.165) is 54.0 Å². The number of carbonyl (C=O) groups is 2. The van der Waals surface area contributed by atoms with Crippen molar-refractivity contribution in [3.8, 4) is 0 Å². The molecule has 2 unspecified atom stereocenters. The normalized spacial score (nSPS) is 22.9. The van der Waals surface area contributed by atoms with Gasteiger partial charge in [-0.05, 0) is 74.4 Å². The lowest BCUT2D eigenvalue weighted by atomic mass is 9.72. The van der Waals surface area contributed by atoms with Gasteiger partial charge in [-0.2, -0.15) is 4.58 Å². The first-order valence-corrected chi connectivity index (χ1v) is 16.2. The van der Waals surface area contributed by atoms with Crippen molar-refractivity contribution in [1.82, 2.24) is 0 Å². The zero-order valence-electron chi connectivity index (χ0n) is 27.0. The zero-order chi connectivity index (χ0) is 33.0. The molecule has 6 rings (SSSR count). The molecule has 0 spiro atoms. The Kier molecular flexibility index (Phi) is 8.95. The Balaban J connectivity index is 1.38. The number of para-hydroxylation sites is 1. The van der Waals surface area contributed by atoms with E-state index in [0.29, 0.717) is 0 Å². The van der Waals surface area contributed by atoms with Crippen molar-refractivity contribution in [2.24, 2.45) is 5.41 Å². The molecule has 3 aromatic rings. The number of aliphatic carboxylic acids is 2. The molecule has 0 fully saturated rings. The lowest BCUT2D eigenvalue weighted by molar-refractivity contribution is -0.459. The van der Waals surface area contributed by atoms with Gasteiger partial charge in [0.2, 0.25) is 12.2 Å². The third-order valence-corrected chi connectivity index (χ3v) is 9.63. The minimum absolute atomic E-state index is 0.110. The highest BCUT2D eigenvalue weighted by atomic mass is 16.4. The number of hydrogen-bond donors (Lipinski definition) is 2. The maximum Gasteiger partial charge on any atom is 0.370 e. The Morgan fingerprint density at radius 2 is 1.38 bits per heavy atom. The summed E-state index contributed by atoms with van der Waals surface area (Å²) in [5, 5.41) is 19.8. The van der Waals surface area contributed by atoms with Gasteiger partial charge in [-0.1, -0.05) is 103 Å². The van der Waals surface area contributed by atoms with Gasteiger partial charge in [0.1, 0.15) is 6.54 Å². The molecule has 0 saturated carbocycles. The van der Waals surface area contributed by atoms with Crippen LogP contribution in [0.15, 0.2) is 144 Å². The Labute approximate surface area is 276 Å². The van der Waals surface area contributed by atoms with Crippen LogP contribution in [0.2, 0.25) is 0 Å². The van der Waals surface area contributed by atoms with Gasteiger partial charge in [-0.15, -0.1) is 0 Å². The summed E-state index contributed by atoms with van der Waals surface area (Å²) >= 11 is 0. The van der Waals surface area contributed by atoms with Crippen molar-refractivity contribution >= 4 is 23.3 Å². The van der Waals surface area contributed by atoms with Crippen LogP contribution in [0.3, 0.4) is 0 Å². The average molecular weight is 626 g/mol. The third kappa shape index (κ3) is 6.28. The molecule has 0 amide bonds. The van der Waals surface area contributed by atoms with Crippen LogP contribution in [0.1, 0.15) is 43.4 Å². The van der Waals surface area contributed by atoms with Gasteiger partial charge in [-0.3, -0.25) is 4.79 Å². The van der Waals surface area contributed by atoms with Gasteiger partial charge >= 0.3 is 11.9 Å². The molecule has 3 aromatic carbocycles. The first-order chi connectivity index (χ1) is 22.7. The van der Waals surface area contributed by atoms with Gasteiger partial charge in [0.15, 0.2) is 5.71 Å². The van der Waals surface area contributed by atoms with Crippen molar-refractivity contribution in [2.75, 3.05) is 18.0 Å². The molecule has 3 aliphatic rings. The van der Waals surface area contributed by atoms with Crippen LogP contribution in [0.4, 0.5) is 5.69 Å². The first-order valence-electron chi connectivity index (χ1n) is 16.2. The van der Waals surface area contributed by atoms with Crippen LogP contribution in [0, 0.1) is 5.41 Å². The summed E-state index contributed by atoms with van der Waals surface area (Å²) in [6, 6.07) is 28.7. The van der Waals surface area contributed by atoms with Crippen LogP contribution < -0.4 is 4.90 Å². The predicted molar refractivity (Wildman–Crippen MR) is 187 cm³/mol. The second-order valence-electron chi connectivity index (χ2n) is 12.9. The maximum absolute atomic E-state index is 12.1. The summed E-state index contributed by atoms with van der Waals surface area (Å²) in [6.45, 7) is 4.15. The quantitative estimate of drug-likeness (QED) is 0.171. The van der Waals surface area contributed by atoms with Gasteiger partial charge in [0.25, 0.3) is 0 Å². The number of carboxylic acids is 2. The monoisotopic (exact) mass is 625 g/mol.